The van der Waals surface area contributed by atoms with Crippen molar-refractivity contribution in [2.75, 3.05) is 0 Å². The van der Waals surface area contributed by atoms with E-state index < -0.39 is 0 Å². The lowest BCUT2D eigenvalue weighted by atomic mass is 9.37. The molecule has 50 heavy (non-hydrogen) atoms. The van der Waals surface area contributed by atoms with E-state index in [0.717, 1.165) is 70.3 Å². The summed E-state index contributed by atoms with van der Waals surface area (Å²) in [6.45, 7) is 0. The highest BCUT2D eigenvalue weighted by Crippen LogP contribution is 2.70. The summed E-state index contributed by atoms with van der Waals surface area (Å²) in [6, 6.07) is 32.0. The van der Waals surface area contributed by atoms with Gasteiger partial charge in [-0.2, -0.15) is 0 Å². The quantitative estimate of drug-likeness (QED) is 0.181. The lowest BCUT2D eigenvalue weighted by molar-refractivity contribution is -0.189. The lowest BCUT2D eigenvalue weighted by Crippen LogP contribution is -2.61. The second kappa shape index (κ2) is 11.0. The maximum Gasteiger partial charge on any atom is 0.145 e. The number of aromatic nitrogens is 1. The molecule has 2 aromatic heterocycles. The molecule has 6 aliphatic carbocycles. The molecule has 0 radical (unpaired) electrons. The van der Waals surface area contributed by atoms with Gasteiger partial charge in [0.1, 0.15) is 11.2 Å². The molecular formula is C48H51NO. The molecule has 8 unspecified atom stereocenters. The van der Waals surface area contributed by atoms with E-state index in [4.69, 9.17) is 4.42 Å². The Kier molecular flexibility index (Phi) is 6.40. The van der Waals surface area contributed by atoms with Crippen LogP contribution in [0.5, 0.6) is 0 Å². The van der Waals surface area contributed by atoms with Gasteiger partial charge < -0.3 is 8.98 Å². The number of para-hydroxylation sites is 2. The van der Waals surface area contributed by atoms with E-state index >= 15 is 0 Å². The van der Waals surface area contributed by atoms with Gasteiger partial charge >= 0.3 is 0 Å². The fourth-order valence-corrected chi connectivity index (χ4v) is 14.9. The topological polar surface area (TPSA) is 18.1 Å². The van der Waals surface area contributed by atoms with Crippen molar-refractivity contribution in [1.29, 1.82) is 0 Å². The van der Waals surface area contributed by atoms with Crippen molar-refractivity contribution in [3.63, 3.8) is 0 Å². The van der Waals surface area contributed by atoms with E-state index in [1.807, 2.05) is 0 Å². The zero-order chi connectivity index (χ0) is 32.5. The largest absolute Gasteiger partial charge is 0.455 e. The Morgan fingerprint density at radius 2 is 1.08 bits per heavy atom. The first kappa shape index (κ1) is 29.1. The van der Waals surface area contributed by atoms with Crippen molar-refractivity contribution >= 4 is 43.7 Å². The molecule has 254 valence electrons. The molecule has 0 aliphatic heterocycles. The number of benzene rings is 4. The average molecular weight is 658 g/mol. The molecule has 2 nitrogen and oxygen atoms in total. The average Bonchev–Trinajstić information content (AvgIpc) is 3.73. The summed E-state index contributed by atoms with van der Waals surface area (Å²) in [6.07, 6.45) is 19.7. The summed E-state index contributed by atoms with van der Waals surface area (Å²) in [7, 11) is 0. The summed E-state index contributed by atoms with van der Waals surface area (Å²) in [5.74, 6) is 10.9. The first-order valence-corrected chi connectivity index (χ1v) is 20.8. The van der Waals surface area contributed by atoms with Gasteiger partial charge in [0.15, 0.2) is 0 Å². The number of furan rings is 1. The summed E-state index contributed by atoms with van der Waals surface area (Å²) in [4.78, 5) is 0. The first-order valence-electron chi connectivity index (χ1n) is 20.8. The Hall–Kier alpha value is -3.52. The second-order valence-electron chi connectivity index (χ2n) is 18.0. The zero-order valence-corrected chi connectivity index (χ0v) is 29.5. The second-order valence-corrected chi connectivity index (χ2v) is 18.0. The van der Waals surface area contributed by atoms with Gasteiger partial charge in [-0.3, -0.25) is 0 Å². The van der Waals surface area contributed by atoms with Crippen molar-refractivity contribution in [1.82, 2.24) is 4.57 Å². The molecule has 8 atom stereocenters. The maximum absolute atomic E-state index is 6.77. The minimum absolute atomic E-state index is 0.678. The van der Waals surface area contributed by atoms with Crippen molar-refractivity contribution in [3.8, 4) is 5.69 Å². The Bertz CT molecular complexity index is 2210. The molecule has 0 saturated heterocycles. The number of hydrogen-bond donors (Lipinski definition) is 0. The van der Waals surface area contributed by atoms with Gasteiger partial charge in [0.25, 0.3) is 0 Å². The molecule has 2 heterocycles. The van der Waals surface area contributed by atoms with Crippen LogP contribution in [0.25, 0.3) is 49.4 Å². The SMILES string of the molecule is c1ccc(-n2c3ccc(C4CC5C6CCCCC6C6CCCC7C8CCCCC8C(C4)C5C67)cc3c3c4oc5ccccc5c4ccc32)cc1. The number of hydrogen-bond acceptors (Lipinski definition) is 1. The minimum atomic E-state index is 0.678. The summed E-state index contributed by atoms with van der Waals surface area (Å²) in [5.41, 5.74) is 7.44. The number of nitrogens with zero attached hydrogens (tertiary/aromatic N) is 1. The Morgan fingerprint density at radius 1 is 0.480 bits per heavy atom. The van der Waals surface area contributed by atoms with Crippen molar-refractivity contribution < 1.29 is 4.42 Å². The van der Waals surface area contributed by atoms with Gasteiger partial charge in [-0.25, -0.2) is 0 Å². The molecule has 6 saturated carbocycles. The van der Waals surface area contributed by atoms with E-state index in [1.54, 1.807) is 31.2 Å². The normalized spacial score (nSPS) is 36.4. The smallest absolute Gasteiger partial charge is 0.145 e. The molecule has 12 rings (SSSR count). The van der Waals surface area contributed by atoms with E-state index in [0.29, 0.717) is 5.92 Å². The van der Waals surface area contributed by atoms with Crippen LogP contribution in [0.2, 0.25) is 0 Å². The van der Waals surface area contributed by atoms with Gasteiger partial charge in [0.2, 0.25) is 0 Å². The van der Waals surface area contributed by atoms with Crippen molar-refractivity contribution in [3.05, 3.63) is 90.5 Å². The van der Waals surface area contributed by atoms with Crippen LogP contribution in [0.15, 0.2) is 89.3 Å². The molecule has 0 N–H and O–H groups in total. The number of fused-ring (bicyclic) bond motifs is 13. The van der Waals surface area contributed by atoms with Gasteiger partial charge in [-0.15, -0.1) is 0 Å². The fraction of sp³-hybridized carbons (Fsp3) is 0.500. The Labute approximate surface area is 296 Å². The highest BCUT2D eigenvalue weighted by Gasteiger charge is 2.63. The molecular weight excluding hydrogens is 607 g/mol. The Balaban J connectivity index is 1.04. The lowest BCUT2D eigenvalue weighted by Gasteiger charge is -2.68. The molecule has 2 heteroatoms. The van der Waals surface area contributed by atoms with Crippen LogP contribution >= 0.6 is 0 Å². The van der Waals surface area contributed by atoms with Crippen LogP contribution in [0, 0.1) is 59.2 Å². The predicted molar refractivity (Wildman–Crippen MR) is 206 cm³/mol. The van der Waals surface area contributed by atoms with Crippen LogP contribution in [-0.2, 0) is 0 Å². The fourth-order valence-electron chi connectivity index (χ4n) is 14.9. The number of rotatable bonds is 2. The molecule has 0 amide bonds. The molecule has 0 spiro atoms. The van der Waals surface area contributed by atoms with Crippen LogP contribution in [-0.4, -0.2) is 4.57 Å². The molecule has 6 aliphatic rings. The van der Waals surface area contributed by atoms with Crippen molar-refractivity contribution in [2.45, 2.75) is 89.4 Å². The van der Waals surface area contributed by atoms with Crippen LogP contribution in [0.3, 0.4) is 0 Å². The van der Waals surface area contributed by atoms with Gasteiger partial charge in [-0.1, -0.05) is 74.6 Å². The van der Waals surface area contributed by atoms with Gasteiger partial charge in [0.05, 0.1) is 16.4 Å². The minimum Gasteiger partial charge on any atom is -0.455 e. The van der Waals surface area contributed by atoms with Gasteiger partial charge in [-0.05, 0) is 164 Å². The molecule has 6 aromatic rings. The summed E-state index contributed by atoms with van der Waals surface area (Å²) in [5, 5.41) is 5.12. The third-order valence-electron chi connectivity index (χ3n) is 16.3. The predicted octanol–water partition coefficient (Wildman–Crippen LogP) is 13.1. The van der Waals surface area contributed by atoms with Crippen LogP contribution in [0.1, 0.15) is 95.0 Å². The third kappa shape index (κ3) is 3.97. The van der Waals surface area contributed by atoms with E-state index in [9.17, 15) is 0 Å². The molecule has 6 fully saturated rings. The van der Waals surface area contributed by atoms with Crippen LogP contribution < -0.4 is 0 Å². The van der Waals surface area contributed by atoms with E-state index in [-0.39, 0.29) is 0 Å². The zero-order valence-electron chi connectivity index (χ0n) is 29.5. The van der Waals surface area contributed by atoms with Crippen molar-refractivity contribution in [2.24, 2.45) is 59.2 Å². The third-order valence-corrected chi connectivity index (χ3v) is 16.3. The van der Waals surface area contributed by atoms with E-state index in [1.165, 1.54) is 96.1 Å². The van der Waals surface area contributed by atoms with E-state index in [2.05, 4.69) is 89.5 Å². The first-order chi connectivity index (χ1) is 24.8. The van der Waals surface area contributed by atoms with Gasteiger partial charge in [0, 0.05) is 21.8 Å². The summed E-state index contributed by atoms with van der Waals surface area (Å²) >= 11 is 0. The standard InChI is InChI=1S/C48H51NO/c1-2-11-30(12-3-1)49-42-23-21-28(25-41(42)47-43(49)24-22-38-35-17-8-9-20-44(35)50-48(38)47)29-26-39-33-15-6-4-13-31(33)36-18-10-19-37-32-14-5-7-16-34(32)40(27-29)46(39)45(36)37/h1-3,8-9,11-12,17,20-25,29,31-34,36-37,39-40,45-46H,4-7,10,13-16,18-19,26-27H2. The monoisotopic (exact) mass is 657 g/mol. The Morgan fingerprint density at radius 3 is 1.80 bits per heavy atom. The maximum atomic E-state index is 6.77. The molecule has 0 bridgehead atoms. The molecule has 4 aromatic carbocycles. The summed E-state index contributed by atoms with van der Waals surface area (Å²) < 4.78 is 9.26. The highest BCUT2D eigenvalue weighted by molar-refractivity contribution is 6.23. The van der Waals surface area contributed by atoms with Crippen LogP contribution in [0.4, 0.5) is 0 Å². The highest BCUT2D eigenvalue weighted by atomic mass is 16.3.